The standard InChI is InChI=1S/C23H26ClF2N7O2/c24-12-7-16(25)19(17(26)8-12)31-23-30-18-10-28-22(29-13-3-6-15(34)9-13)32-21(18)33(23)14-4-1-11(2-5-14)20(27)35/h7-8,10-11,13-15,34H,1-6,9H2,(H2,27,35)(H,30,31)(H,28,29,32)/t11-,13-,14-,15-/m1/s1. The SMILES string of the molecule is NC(=O)[C@H]1CC[C@H](n2c(Nc3c(F)cc(Cl)cc3F)nc3cnc(N[C@@H]4CC[C@@H](O)C4)nc32)CC1. The Kier molecular flexibility index (Phi) is 6.45. The predicted octanol–water partition coefficient (Wildman–Crippen LogP) is 4.04. The molecular weight excluding hydrogens is 480 g/mol. The van der Waals surface area contributed by atoms with Crippen LogP contribution < -0.4 is 16.4 Å². The molecule has 2 saturated carbocycles. The molecule has 2 aromatic heterocycles. The summed E-state index contributed by atoms with van der Waals surface area (Å²) in [7, 11) is 0. The lowest BCUT2D eigenvalue weighted by Crippen LogP contribution is -2.29. The molecule has 1 aromatic carbocycles. The van der Waals surface area contributed by atoms with Crippen LogP contribution >= 0.6 is 11.6 Å². The average Bonchev–Trinajstić information content (AvgIpc) is 3.38. The zero-order chi connectivity index (χ0) is 24.7. The number of halogens is 3. The van der Waals surface area contributed by atoms with E-state index in [0.717, 1.165) is 18.6 Å². The van der Waals surface area contributed by atoms with Gasteiger partial charge in [0.15, 0.2) is 17.3 Å². The first-order valence-electron chi connectivity index (χ1n) is 11.7. The fraction of sp³-hybridized carbons (Fsp3) is 0.478. The highest BCUT2D eigenvalue weighted by atomic mass is 35.5. The zero-order valence-corrected chi connectivity index (χ0v) is 19.6. The summed E-state index contributed by atoms with van der Waals surface area (Å²) in [5.41, 5.74) is 6.08. The van der Waals surface area contributed by atoms with Crippen LogP contribution in [0, 0.1) is 17.6 Å². The monoisotopic (exact) mass is 505 g/mol. The molecule has 3 aromatic rings. The minimum absolute atomic E-state index is 0.0533. The number of rotatable bonds is 6. The average molecular weight is 506 g/mol. The zero-order valence-electron chi connectivity index (χ0n) is 18.8. The summed E-state index contributed by atoms with van der Waals surface area (Å²) in [4.78, 5) is 25.2. The van der Waals surface area contributed by atoms with Crippen LogP contribution in [0.4, 0.5) is 26.4 Å². The third-order valence-electron chi connectivity index (χ3n) is 6.88. The van der Waals surface area contributed by atoms with Crippen LogP contribution in [0.1, 0.15) is 51.0 Å². The molecule has 0 unspecified atom stereocenters. The number of aliphatic hydroxyl groups excluding tert-OH is 1. The van der Waals surface area contributed by atoms with E-state index in [1.165, 1.54) is 0 Å². The molecule has 9 nitrogen and oxygen atoms in total. The lowest BCUT2D eigenvalue weighted by molar-refractivity contribution is -0.122. The van der Waals surface area contributed by atoms with Crippen LogP contribution in [0.3, 0.4) is 0 Å². The van der Waals surface area contributed by atoms with Gasteiger partial charge in [0.1, 0.15) is 11.2 Å². The number of hydrogen-bond acceptors (Lipinski definition) is 7. The molecule has 35 heavy (non-hydrogen) atoms. The van der Waals surface area contributed by atoms with Gasteiger partial charge in [-0.15, -0.1) is 0 Å². The highest BCUT2D eigenvalue weighted by Crippen LogP contribution is 2.38. The Morgan fingerprint density at radius 2 is 1.83 bits per heavy atom. The van der Waals surface area contributed by atoms with E-state index in [1.54, 1.807) is 6.20 Å². The predicted molar refractivity (Wildman–Crippen MR) is 127 cm³/mol. The third kappa shape index (κ3) is 4.87. The van der Waals surface area contributed by atoms with Crippen molar-refractivity contribution in [1.82, 2.24) is 19.5 Å². The Morgan fingerprint density at radius 1 is 1.11 bits per heavy atom. The van der Waals surface area contributed by atoms with E-state index in [2.05, 4.69) is 25.6 Å². The number of nitrogens with zero attached hydrogens (tertiary/aromatic N) is 4. The first-order valence-corrected chi connectivity index (χ1v) is 12.1. The van der Waals surface area contributed by atoms with E-state index in [1.807, 2.05) is 4.57 Å². The molecule has 2 aliphatic carbocycles. The Hall–Kier alpha value is -3.05. The highest BCUT2D eigenvalue weighted by molar-refractivity contribution is 6.30. The summed E-state index contributed by atoms with van der Waals surface area (Å²) < 4.78 is 30.9. The van der Waals surface area contributed by atoms with E-state index < -0.39 is 11.6 Å². The minimum Gasteiger partial charge on any atom is -0.393 e. The van der Waals surface area contributed by atoms with E-state index >= 15 is 0 Å². The fourth-order valence-electron chi connectivity index (χ4n) is 5.06. The molecule has 12 heteroatoms. The largest absolute Gasteiger partial charge is 0.393 e. The Balaban J connectivity index is 1.52. The summed E-state index contributed by atoms with van der Waals surface area (Å²) in [6.45, 7) is 0. The molecule has 2 atom stereocenters. The molecule has 0 saturated heterocycles. The maximum absolute atomic E-state index is 14.6. The number of primary amides is 1. The lowest BCUT2D eigenvalue weighted by atomic mass is 9.85. The van der Waals surface area contributed by atoms with E-state index in [4.69, 9.17) is 17.3 Å². The maximum Gasteiger partial charge on any atom is 0.224 e. The van der Waals surface area contributed by atoms with Crippen molar-refractivity contribution in [2.24, 2.45) is 11.7 Å². The van der Waals surface area contributed by atoms with E-state index in [-0.39, 0.29) is 46.7 Å². The highest BCUT2D eigenvalue weighted by Gasteiger charge is 2.30. The van der Waals surface area contributed by atoms with Gasteiger partial charge in [0.25, 0.3) is 0 Å². The summed E-state index contributed by atoms with van der Waals surface area (Å²) in [6.07, 6.45) is 5.79. The number of nitrogens with two attached hydrogens (primary N) is 1. The van der Waals surface area contributed by atoms with Crippen LogP contribution in [0.2, 0.25) is 5.02 Å². The quantitative estimate of drug-likeness (QED) is 0.397. The molecule has 0 aliphatic heterocycles. The molecule has 2 fully saturated rings. The van der Waals surface area contributed by atoms with Gasteiger partial charge in [-0.05, 0) is 57.1 Å². The van der Waals surface area contributed by atoms with Gasteiger partial charge in [-0.3, -0.25) is 9.36 Å². The van der Waals surface area contributed by atoms with Gasteiger partial charge < -0.3 is 21.5 Å². The molecule has 5 rings (SSSR count). The number of hydrogen-bond donors (Lipinski definition) is 4. The normalized spacial score (nSPS) is 24.6. The van der Waals surface area contributed by atoms with Gasteiger partial charge >= 0.3 is 0 Å². The number of fused-ring (bicyclic) bond motifs is 1. The number of benzene rings is 1. The number of carbonyl (C=O) groups is 1. The first kappa shape index (κ1) is 23.7. The molecule has 5 N–H and O–H groups in total. The molecular formula is C23H26ClF2N7O2. The topological polar surface area (TPSA) is 131 Å². The maximum atomic E-state index is 14.6. The minimum atomic E-state index is -0.848. The van der Waals surface area contributed by atoms with Crippen molar-refractivity contribution < 1.29 is 18.7 Å². The van der Waals surface area contributed by atoms with Crippen LogP contribution in [0.15, 0.2) is 18.3 Å². The van der Waals surface area contributed by atoms with Gasteiger partial charge in [-0.2, -0.15) is 4.98 Å². The van der Waals surface area contributed by atoms with Gasteiger partial charge in [-0.25, -0.2) is 18.7 Å². The Morgan fingerprint density at radius 3 is 2.46 bits per heavy atom. The molecule has 1 amide bonds. The number of carbonyl (C=O) groups excluding carboxylic acids is 1. The van der Waals surface area contributed by atoms with Crippen molar-refractivity contribution in [2.45, 2.75) is 63.1 Å². The Labute approximate surface area is 205 Å². The van der Waals surface area contributed by atoms with Gasteiger partial charge in [0, 0.05) is 23.0 Å². The van der Waals surface area contributed by atoms with Crippen molar-refractivity contribution >= 4 is 46.3 Å². The van der Waals surface area contributed by atoms with Gasteiger partial charge in [-0.1, -0.05) is 11.6 Å². The van der Waals surface area contributed by atoms with Crippen molar-refractivity contribution in [2.75, 3.05) is 10.6 Å². The van der Waals surface area contributed by atoms with Crippen molar-refractivity contribution in [3.05, 3.63) is 35.0 Å². The first-order chi connectivity index (χ1) is 16.8. The number of amides is 1. The van der Waals surface area contributed by atoms with Crippen molar-refractivity contribution in [3.63, 3.8) is 0 Å². The van der Waals surface area contributed by atoms with Gasteiger partial charge in [0.05, 0.1) is 12.3 Å². The molecule has 2 aliphatic rings. The van der Waals surface area contributed by atoms with Crippen LogP contribution in [-0.4, -0.2) is 42.7 Å². The molecule has 0 radical (unpaired) electrons. The summed E-state index contributed by atoms with van der Waals surface area (Å²) in [6, 6.07) is 1.98. The summed E-state index contributed by atoms with van der Waals surface area (Å²) in [5, 5.41) is 15.8. The molecule has 0 spiro atoms. The summed E-state index contributed by atoms with van der Waals surface area (Å²) >= 11 is 5.77. The van der Waals surface area contributed by atoms with Crippen LogP contribution in [-0.2, 0) is 4.79 Å². The Bertz CT molecular complexity index is 1240. The third-order valence-corrected chi connectivity index (χ3v) is 7.10. The summed E-state index contributed by atoms with van der Waals surface area (Å²) in [5.74, 6) is -1.62. The van der Waals surface area contributed by atoms with Gasteiger partial charge in [0.2, 0.25) is 17.8 Å². The fourth-order valence-corrected chi connectivity index (χ4v) is 5.25. The van der Waals surface area contributed by atoms with Crippen molar-refractivity contribution in [1.29, 1.82) is 0 Å². The van der Waals surface area contributed by atoms with Crippen molar-refractivity contribution in [3.8, 4) is 0 Å². The number of aromatic nitrogens is 4. The number of aliphatic hydroxyl groups is 1. The second-order valence-electron chi connectivity index (χ2n) is 9.29. The number of imidazole rings is 1. The molecule has 186 valence electrons. The lowest BCUT2D eigenvalue weighted by Gasteiger charge is -2.29. The molecule has 2 heterocycles. The van der Waals surface area contributed by atoms with E-state index in [0.29, 0.717) is 55.6 Å². The smallest absolute Gasteiger partial charge is 0.224 e. The van der Waals surface area contributed by atoms with Crippen LogP contribution in [0.5, 0.6) is 0 Å². The number of anilines is 3. The van der Waals surface area contributed by atoms with E-state index in [9.17, 15) is 18.7 Å². The molecule has 0 bridgehead atoms. The second kappa shape index (κ2) is 9.54. The second-order valence-corrected chi connectivity index (χ2v) is 9.73. The number of nitrogens with one attached hydrogen (secondary N) is 2. The van der Waals surface area contributed by atoms with Crippen LogP contribution in [0.25, 0.3) is 11.2 Å².